The zero-order valence-corrected chi connectivity index (χ0v) is 19.0. The van der Waals surface area contributed by atoms with E-state index in [-0.39, 0.29) is 29.4 Å². The molecule has 8 nitrogen and oxygen atoms in total. The molecule has 0 bridgehead atoms. The molecule has 1 aliphatic rings. The molecule has 3 N–H and O–H groups in total. The molecule has 30 heavy (non-hydrogen) atoms. The van der Waals surface area contributed by atoms with Crippen LogP contribution < -0.4 is 16.0 Å². The van der Waals surface area contributed by atoms with E-state index in [2.05, 4.69) is 77.4 Å². The summed E-state index contributed by atoms with van der Waals surface area (Å²) in [6.07, 6.45) is 7.33. The second-order valence-corrected chi connectivity index (χ2v) is 10.3. The second-order valence-electron chi connectivity index (χ2n) is 10.3. The van der Waals surface area contributed by atoms with Crippen molar-refractivity contribution < 1.29 is 4.79 Å². The molecular formula is C22H35N7O. The van der Waals surface area contributed by atoms with Gasteiger partial charge < -0.3 is 16.0 Å². The summed E-state index contributed by atoms with van der Waals surface area (Å²) >= 11 is 0. The minimum atomic E-state index is -0.181. The Balaban J connectivity index is 1.56. The highest BCUT2D eigenvalue weighted by Gasteiger charge is 2.25. The fourth-order valence-electron chi connectivity index (χ4n) is 3.78. The standard InChI is InChI=1S/C22H35N7O/c1-21(2,3)20-24-11-16-18(28-20)19(26-13-25-16)23-12-17(30)27-14-7-9-15(10-8-14)29-22(4,5)6/h11,13-15,29H,7-10,12H2,1-6H3,(H,27,30)(H,23,25,26). The van der Waals surface area contributed by atoms with Crippen LogP contribution in [0.25, 0.3) is 11.0 Å². The molecule has 0 aromatic carbocycles. The van der Waals surface area contributed by atoms with Crippen LogP contribution in [0.5, 0.6) is 0 Å². The molecule has 0 aliphatic heterocycles. The Hall–Kier alpha value is -2.35. The maximum absolute atomic E-state index is 12.5. The molecule has 0 radical (unpaired) electrons. The summed E-state index contributed by atoms with van der Waals surface area (Å²) in [5, 5.41) is 9.94. The minimum Gasteiger partial charge on any atom is -0.359 e. The molecule has 1 aliphatic carbocycles. The van der Waals surface area contributed by atoms with Gasteiger partial charge in [-0.1, -0.05) is 20.8 Å². The quantitative estimate of drug-likeness (QED) is 0.692. The van der Waals surface area contributed by atoms with E-state index in [0.29, 0.717) is 22.9 Å². The van der Waals surface area contributed by atoms with E-state index in [0.717, 1.165) is 31.5 Å². The number of aromatic nitrogens is 4. The van der Waals surface area contributed by atoms with Gasteiger partial charge in [0.2, 0.25) is 5.91 Å². The van der Waals surface area contributed by atoms with Crippen molar-refractivity contribution in [2.75, 3.05) is 11.9 Å². The van der Waals surface area contributed by atoms with Crippen LogP contribution in [0.3, 0.4) is 0 Å². The fourth-order valence-corrected chi connectivity index (χ4v) is 3.78. The first-order valence-electron chi connectivity index (χ1n) is 10.8. The number of rotatable bonds is 5. The fraction of sp³-hybridized carbons (Fsp3) is 0.682. The van der Waals surface area contributed by atoms with Crippen molar-refractivity contribution in [2.24, 2.45) is 0 Å². The lowest BCUT2D eigenvalue weighted by Crippen LogP contribution is -2.48. The van der Waals surface area contributed by atoms with Crippen molar-refractivity contribution in [3.63, 3.8) is 0 Å². The van der Waals surface area contributed by atoms with E-state index in [1.54, 1.807) is 6.20 Å². The Kier molecular flexibility index (Phi) is 6.55. The summed E-state index contributed by atoms with van der Waals surface area (Å²) in [4.78, 5) is 30.1. The summed E-state index contributed by atoms with van der Waals surface area (Å²) in [5.41, 5.74) is 1.24. The molecule has 0 spiro atoms. The molecule has 0 atom stereocenters. The summed E-state index contributed by atoms with van der Waals surface area (Å²) in [7, 11) is 0. The SMILES string of the molecule is CC(C)(C)NC1CCC(NC(=O)CNc2ncnc3cnc(C(C)(C)C)nc23)CC1. The van der Waals surface area contributed by atoms with Crippen LogP contribution in [-0.4, -0.2) is 50.0 Å². The number of fused-ring (bicyclic) bond motifs is 1. The first-order valence-corrected chi connectivity index (χ1v) is 10.8. The average molecular weight is 414 g/mol. The lowest BCUT2D eigenvalue weighted by molar-refractivity contribution is -0.120. The lowest BCUT2D eigenvalue weighted by Gasteiger charge is -2.34. The predicted molar refractivity (Wildman–Crippen MR) is 119 cm³/mol. The van der Waals surface area contributed by atoms with Gasteiger partial charge in [0, 0.05) is 23.0 Å². The molecule has 1 fully saturated rings. The van der Waals surface area contributed by atoms with Gasteiger partial charge in [0.1, 0.15) is 23.2 Å². The molecule has 0 unspecified atom stereocenters. The number of hydrogen-bond acceptors (Lipinski definition) is 7. The van der Waals surface area contributed by atoms with Gasteiger partial charge in [-0.2, -0.15) is 0 Å². The van der Waals surface area contributed by atoms with Crippen LogP contribution in [0.1, 0.15) is 73.1 Å². The van der Waals surface area contributed by atoms with E-state index in [1.807, 2.05) is 0 Å². The van der Waals surface area contributed by atoms with Gasteiger partial charge in [0.05, 0.1) is 12.7 Å². The summed E-state index contributed by atoms with van der Waals surface area (Å²) < 4.78 is 0. The Morgan fingerprint density at radius 2 is 1.67 bits per heavy atom. The van der Waals surface area contributed by atoms with Crippen molar-refractivity contribution in [2.45, 2.75) is 90.3 Å². The Morgan fingerprint density at radius 1 is 1.00 bits per heavy atom. The molecule has 1 amide bonds. The van der Waals surface area contributed by atoms with E-state index >= 15 is 0 Å². The van der Waals surface area contributed by atoms with Crippen molar-refractivity contribution >= 4 is 22.8 Å². The van der Waals surface area contributed by atoms with Gasteiger partial charge >= 0.3 is 0 Å². The van der Waals surface area contributed by atoms with Crippen molar-refractivity contribution in [3.05, 3.63) is 18.3 Å². The first-order chi connectivity index (χ1) is 14.0. The van der Waals surface area contributed by atoms with Gasteiger partial charge in [-0.25, -0.2) is 19.9 Å². The Labute approximate surface area is 179 Å². The van der Waals surface area contributed by atoms with Gasteiger partial charge in [-0.05, 0) is 46.5 Å². The van der Waals surface area contributed by atoms with Crippen LogP contribution in [0, 0.1) is 0 Å². The van der Waals surface area contributed by atoms with Gasteiger partial charge in [-0.15, -0.1) is 0 Å². The van der Waals surface area contributed by atoms with Crippen molar-refractivity contribution in [1.29, 1.82) is 0 Å². The normalized spacial score (nSPS) is 20.2. The smallest absolute Gasteiger partial charge is 0.239 e. The van der Waals surface area contributed by atoms with Crippen LogP contribution in [-0.2, 0) is 10.2 Å². The molecule has 2 aromatic rings. The number of carbonyl (C=O) groups excluding carboxylic acids is 1. The van der Waals surface area contributed by atoms with Gasteiger partial charge in [-0.3, -0.25) is 4.79 Å². The number of amides is 1. The monoisotopic (exact) mass is 413 g/mol. The van der Waals surface area contributed by atoms with Crippen molar-refractivity contribution in [3.8, 4) is 0 Å². The zero-order valence-electron chi connectivity index (χ0n) is 19.0. The molecule has 2 heterocycles. The van der Waals surface area contributed by atoms with E-state index in [9.17, 15) is 4.79 Å². The maximum atomic E-state index is 12.5. The van der Waals surface area contributed by atoms with Gasteiger partial charge in [0.25, 0.3) is 0 Å². The third-order valence-electron chi connectivity index (χ3n) is 5.19. The topological polar surface area (TPSA) is 105 Å². The Bertz CT molecular complexity index is 877. The number of nitrogens with one attached hydrogen (secondary N) is 3. The highest BCUT2D eigenvalue weighted by atomic mass is 16.2. The lowest BCUT2D eigenvalue weighted by atomic mass is 9.89. The second kappa shape index (κ2) is 8.79. The number of hydrogen-bond donors (Lipinski definition) is 3. The molecule has 3 rings (SSSR count). The van der Waals surface area contributed by atoms with E-state index in [4.69, 9.17) is 0 Å². The Morgan fingerprint density at radius 3 is 2.30 bits per heavy atom. The molecule has 164 valence electrons. The van der Waals surface area contributed by atoms with Crippen molar-refractivity contribution in [1.82, 2.24) is 30.6 Å². The summed E-state index contributed by atoms with van der Waals surface area (Å²) in [6, 6.07) is 0.759. The largest absolute Gasteiger partial charge is 0.359 e. The summed E-state index contributed by atoms with van der Waals surface area (Å²) in [6.45, 7) is 12.9. The third kappa shape index (κ3) is 6.08. The third-order valence-corrected chi connectivity index (χ3v) is 5.19. The average Bonchev–Trinajstić information content (AvgIpc) is 2.65. The zero-order chi connectivity index (χ0) is 21.9. The highest BCUT2D eigenvalue weighted by molar-refractivity contribution is 5.87. The van der Waals surface area contributed by atoms with Crippen LogP contribution in [0.2, 0.25) is 0 Å². The number of nitrogens with zero attached hydrogens (tertiary/aromatic N) is 4. The maximum Gasteiger partial charge on any atom is 0.239 e. The predicted octanol–water partition coefficient (Wildman–Crippen LogP) is 2.94. The van der Waals surface area contributed by atoms with Gasteiger partial charge in [0.15, 0.2) is 5.82 Å². The number of anilines is 1. The minimum absolute atomic E-state index is 0.0286. The molecule has 2 aromatic heterocycles. The molecule has 0 saturated heterocycles. The van der Waals surface area contributed by atoms with E-state index < -0.39 is 0 Å². The van der Waals surface area contributed by atoms with Crippen LogP contribution in [0.15, 0.2) is 12.5 Å². The highest BCUT2D eigenvalue weighted by Crippen LogP contribution is 2.23. The molecule has 8 heteroatoms. The number of carbonyl (C=O) groups is 1. The summed E-state index contributed by atoms with van der Waals surface area (Å²) in [5.74, 6) is 1.25. The van der Waals surface area contributed by atoms with E-state index in [1.165, 1.54) is 6.33 Å². The first kappa shape index (κ1) is 22.3. The molecular weight excluding hydrogens is 378 g/mol. The van der Waals surface area contributed by atoms with Crippen LogP contribution >= 0.6 is 0 Å². The van der Waals surface area contributed by atoms with Crippen LogP contribution in [0.4, 0.5) is 5.82 Å². The molecule has 1 saturated carbocycles.